The van der Waals surface area contributed by atoms with Crippen molar-refractivity contribution in [3.05, 3.63) is 154 Å². The summed E-state index contributed by atoms with van der Waals surface area (Å²) in [6.07, 6.45) is 1.24. The van der Waals surface area contributed by atoms with Crippen LogP contribution in [0, 0.1) is 0 Å². The molecular formula is C34H24O5. The van der Waals surface area contributed by atoms with Gasteiger partial charge in [0.15, 0.2) is 5.60 Å². The van der Waals surface area contributed by atoms with Crippen molar-refractivity contribution in [2.45, 2.75) is 18.4 Å². The molecule has 5 heteroatoms. The Labute approximate surface area is 225 Å². The van der Waals surface area contributed by atoms with Crippen LogP contribution in [-0.4, -0.2) is 16.2 Å². The molecule has 2 aliphatic rings. The third-order valence-corrected chi connectivity index (χ3v) is 7.61. The second-order valence-corrected chi connectivity index (χ2v) is 9.98. The van der Waals surface area contributed by atoms with Crippen LogP contribution in [-0.2, 0) is 23.2 Å². The first-order chi connectivity index (χ1) is 19.0. The lowest BCUT2D eigenvalue weighted by molar-refractivity contribution is 0.0224. The fraction of sp³-hybridized carbons (Fsp3) is 0.0882. The number of benzene rings is 5. The number of phenols is 2. The molecule has 0 aromatic heterocycles. The van der Waals surface area contributed by atoms with Crippen molar-refractivity contribution >= 4 is 5.97 Å². The molecule has 1 spiro atoms. The van der Waals surface area contributed by atoms with Crippen molar-refractivity contribution in [3.8, 4) is 23.0 Å². The monoisotopic (exact) mass is 512 g/mol. The number of aromatic hydroxyl groups is 2. The quantitative estimate of drug-likeness (QED) is 0.258. The van der Waals surface area contributed by atoms with Crippen LogP contribution >= 0.6 is 0 Å². The molecule has 2 aliphatic heterocycles. The summed E-state index contributed by atoms with van der Waals surface area (Å²) in [6.45, 7) is 0. The van der Waals surface area contributed by atoms with Crippen LogP contribution in [0.4, 0.5) is 0 Å². The van der Waals surface area contributed by atoms with Crippen LogP contribution in [0.5, 0.6) is 23.0 Å². The van der Waals surface area contributed by atoms with E-state index in [2.05, 4.69) is 30.3 Å². The number of rotatable bonds is 4. The van der Waals surface area contributed by atoms with Gasteiger partial charge in [-0.25, -0.2) is 4.79 Å². The van der Waals surface area contributed by atoms with Gasteiger partial charge in [-0.15, -0.1) is 0 Å². The number of hydrogen-bond acceptors (Lipinski definition) is 5. The van der Waals surface area contributed by atoms with Gasteiger partial charge in [-0.05, 0) is 59.4 Å². The normalized spacial score (nSPS) is 14.2. The molecule has 0 fully saturated rings. The molecule has 5 aromatic carbocycles. The molecule has 0 aliphatic carbocycles. The summed E-state index contributed by atoms with van der Waals surface area (Å²) in [4.78, 5) is 13.9. The highest BCUT2D eigenvalue weighted by Gasteiger charge is 2.54. The predicted octanol–water partition coefficient (Wildman–Crippen LogP) is 6.85. The smallest absolute Gasteiger partial charge is 0.340 e. The number of esters is 1. The van der Waals surface area contributed by atoms with E-state index < -0.39 is 11.6 Å². The molecule has 2 N–H and O–H groups in total. The van der Waals surface area contributed by atoms with Crippen molar-refractivity contribution in [2.24, 2.45) is 0 Å². The number of ether oxygens (including phenoxy) is 2. The van der Waals surface area contributed by atoms with E-state index in [0.717, 1.165) is 27.8 Å². The summed E-state index contributed by atoms with van der Waals surface area (Å²) in [6, 6.07) is 34.0. The second kappa shape index (κ2) is 8.77. The molecule has 7 rings (SSSR count). The highest BCUT2D eigenvalue weighted by molar-refractivity contribution is 5.99. The molecular weight excluding hydrogens is 488 g/mol. The molecule has 0 amide bonds. The number of carbonyl (C=O) groups is 1. The summed E-state index contributed by atoms with van der Waals surface area (Å²) >= 11 is 0. The third kappa shape index (κ3) is 3.66. The molecule has 0 unspecified atom stereocenters. The molecule has 0 atom stereocenters. The summed E-state index contributed by atoms with van der Waals surface area (Å²) in [5, 5.41) is 20.4. The molecule has 0 saturated heterocycles. The van der Waals surface area contributed by atoms with Gasteiger partial charge in [0.1, 0.15) is 23.0 Å². The van der Waals surface area contributed by atoms with Crippen molar-refractivity contribution in [3.63, 3.8) is 0 Å². The molecule has 190 valence electrons. The predicted molar refractivity (Wildman–Crippen MR) is 147 cm³/mol. The lowest BCUT2D eigenvalue weighted by Crippen LogP contribution is -2.32. The Bertz CT molecular complexity index is 1690. The van der Waals surface area contributed by atoms with Crippen LogP contribution in [0.15, 0.2) is 109 Å². The summed E-state index contributed by atoms with van der Waals surface area (Å²) in [7, 11) is 0. The van der Waals surface area contributed by atoms with Crippen molar-refractivity contribution < 1.29 is 24.5 Å². The van der Waals surface area contributed by atoms with E-state index in [0.29, 0.717) is 41.0 Å². The van der Waals surface area contributed by atoms with Gasteiger partial charge < -0.3 is 19.7 Å². The standard InChI is InChI=1S/C34H24O5/c35-24-12-15-27-30(19-24)38-31-20-25(36)13-16-28(31)34(27)29-14-11-23(17-21-7-3-1-4-8-21)26(32(29)33(37)39-34)18-22-9-5-2-6-10-22/h1-16,19-20,35-36H,17-18H2. The van der Waals surface area contributed by atoms with Crippen molar-refractivity contribution in [1.29, 1.82) is 0 Å². The lowest BCUT2D eigenvalue weighted by atomic mass is 9.76. The van der Waals surface area contributed by atoms with Gasteiger partial charge in [-0.3, -0.25) is 0 Å². The molecule has 0 radical (unpaired) electrons. The highest BCUT2D eigenvalue weighted by Crippen LogP contribution is 2.57. The molecule has 39 heavy (non-hydrogen) atoms. The van der Waals surface area contributed by atoms with E-state index in [1.54, 1.807) is 24.3 Å². The van der Waals surface area contributed by atoms with Crippen LogP contribution in [0.1, 0.15) is 49.3 Å². The van der Waals surface area contributed by atoms with Crippen molar-refractivity contribution in [1.82, 2.24) is 0 Å². The van der Waals surface area contributed by atoms with Gasteiger partial charge >= 0.3 is 5.97 Å². The Morgan fingerprint density at radius 3 is 1.74 bits per heavy atom. The van der Waals surface area contributed by atoms with Crippen LogP contribution in [0.2, 0.25) is 0 Å². The van der Waals surface area contributed by atoms with E-state index >= 15 is 0 Å². The maximum atomic E-state index is 13.9. The third-order valence-electron chi connectivity index (χ3n) is 7.61. The average molecular weight is 513 g/mol. The van der Waals surface area contributed by atoms with Crippen LogP contribution in [0.3, 0.4) is 0 Å². The van der Waals surface area contributed by atoms with E-state index in [1.807, 2.05) is 42.5 Å². The summed E-state index contributed by atoms with van der Waals surface area (Å²) < 4.78 is 12.5. The van der Waals surface area contributed by atoms with E-state index in [4.69, 9.17) is 9.47 Å². The van der Waals surface area contributed by atoms with Crippen LogP contribution in [0.25, 0.3) is 0 Å². The minimum Gasteiger partial charge on any atom is -0.508 e. The molecule has 0 saturated carbocycles. The zero-order valence-corrected chi connectivity index (χ0v) is 20.9. The first kappa shape index (κ1) is 23.1. The van der Waals surface area contributed by atoms with Crippen molar-refractivity contribution in [2.75, 3.05) is 0 Å². The maximum Gasteiger partial charge on any atom is 0.340 e. The zero-order chi connectivity index (χ0) is 26.6. The summed E-state index contributed by atoms with van der Waals surface area (Å²) in [5.41, 5.74) is 5.45. The zero-order valence-electron chi connectivity index (χ0n) is 20.9. The van der Waals surface area contributed by atoms with Gasteiger partial charge in [0.2, 0.25) is 0 Å². The van der Waals surface area contributed by atoms with Gasteiger partial charge in [-0.2, -0.15) is 0 Å². The molecule has 5 nitrogen and oxygen atoms in total. The second-order valence-electron chi connectivity index (χ2n) is 9.98. The molecule has 0 bridgehead atoms. The highest BCUT2D eigenvalue weighted by atomic mass is 16.6. The largest absolute Gasteiger partial charge is 0.508 e. The minimum absolute atomic E-state index is 0.0278. The van der Waals surface area contributed by atoms with Gasteiger partial charge in [0.25, 0.3) is 0 Å². The number of fused-ring (bicyclic) bond motifs is 6. The fourth-order valence-corrected chi connectivity index (χ4v) is 5.88. The number of phenolic OH excluding ortho intramolecular Hbond substituents is 2. The Balaban J connectivity index is 1.49. The Morgan fingerprint density at radius 1 is 0.615 bits per heavy atom. The Morgan fingerprint density at radius 2 is 1.15 bits per heavy atom. The SMILES string of the molecule is O=C1OC2(c3ccc(O)cc3Oc3cc(O)ccc32)c2ccc(Cc3ccccc3)c(Cc3ccccc3)c21. The van der Waals surface area contributed by atoms with Gasteiger partial charge in [-0.1, -0.05) is 72.8 Å². The fourth-order valence-electron chi connectivity index (χ4n) is 5.88. The Hall–Kier alpha value is -5.03. The first-order valence-electron chi connectivity index (χ1n) is 12.8. The summed E-state index contributed by atoms with van der Waals surface area (Å²) in [5.74, 6) is 0.379. The molecule has 2 heterocycles. The lowest BCUT2D eigenvalue weighted by Gasteiger charge is -2.36. The first-order valence-corrected chi connectivity index (χ1v) is 12.8. The van der Waals surface area contributed by atoms with Gasteiger partial charge in [0.05, 0.1) is 5.56 Å². The minimum atomic E-state index is -1.28. The van der Waals surface area contributed by atoms with Crippen LogP contribution < -0.4 is 4.74 Å². The van der Waals surface area contributed by atoms with E-state index in [1.165, 1.54) is 12.1 Å². The average Bonchev–Trinajstić information content (AvgIpc) is 3.23. The number of carbonyl (C=O) groups excluding carboxylic acids is 1. The van der Waals surface area contributed by atoms with E-state index in [-0.39, 0.29) is 11.5 Å². The van der Waals surface area contributed by atoms with Gasteiger partial charge in [0, 0.05) is 28.8 Å². The Kier molecular flexibility index (Phi) is 5.20. The number of hydrogen-bond donors (Lipinski definition) is 2. The van der Waals surface area contributed by atoms with E-state index in [9.17, 15) is 15.0 Å². The topological polar surface area (TPSA) is 76.0 Å². The maximum absolute atomic E-state index is 13.9. The molecule has 5 aromatic rings.